The van der Waals surface area contributed by atoms with Gasteiger partial charge in [-0.25, -0.2) is 4.98 Å². The molecule has 4 rings (SSSR count). The number of halogens is 4. The number of fused-ring (bicyclic) bond motifs is 1. The summed E-state index contributed by atoms with van der Waals surface area (Å²) in [6.45, 7) is 0.682. The number of Topliss-reactive ketones (excluding diaryl/α,β-unsaturated/α-hetero) is 1. The highest BCUT2D eigenvalue weighted by molar-refractivity contribution is 7.99. The quantitative estimate of drug-likeness (QED) is 0.281. The summed E-state index contributed by atoms with van der Waals surface area (Å²) in [7, 11) is 0. The molecule has 0 aliphatic rings. The van der Waals surface area contributed by atoms with Gasteiger partial charge in [-0.3, -0.25) is 19.3 Å². The summed E-state index contributed by atoms with van der Waals surface area (Å²) < 4.78 is 40.8. The Kier molecular flexibility index (Phi) is 7.05. The average Bonchev–Trinajstić information content (AvgIpc) is 3.28. The zero-order valence-electron chi connectivity index (χ0n) is 17.5. The Hall–Kier alpha value is -3.15. The van der Waals surface area contributed by atoms with Crippen LogP contribution in [-0.4, -0.2) is 37.8 Å². The molecule has 2 aromatic heterocycles. The van der Waals surface area contributed by atoms with Crippen molar-refractivity contribution >= 4 is 40.2 Å². The van der Waals surface area contributed by atoms with Crippen molar-refractivity contribution in [3.63, 3.8) is 0 Å². The number of thioether (sulfide) groups is 1. The van der Waals surface area contributed by atoms with Gasteiger partial charge in [-0.2, -0.15) is 18.3 Å². The first-order valence-corrected chi connectivity index (χ1v) is 11.4. The minimum absolute atomic E-state index is 0.00402. The number of nitrogens with one attached hydrogen (secondary N) is 1. The molecule has 2 aromatic carbocycles. The number of ketones is 1. The number of quaternary nitrogens is 1. The third kappa shape index (κ3) is 5.32. The Bertz CT molecular complexity index is 1400. The van der Waals surface area contributed by atoms with Gasteiger partial charge in [0.25, 0.3) is 5.56 Å². The van der Waals surface area contributed by atoms with E-state index in [-0.39, 0.29) is 40.0 Å². The van der Waals surface area contributed by atoms with Crippen molar-refractivity contribution in [2.45, 2.75) is 17.9 Å². The van der Waals surface area contributed by atoms with Gasteiger partial charge >= 0.3 is 6.18 Å². The van der Waals surface area contributed by atoms with E-state index >= 15 is 0 Å². The molecule has 176 valence electrons. The number of aromatic amines is 1. The number of hydrogen-bond acceptors (Lipinski definition) is 5. The lowest BCUT2D eigenvalue weighted by molar-refractivity contribution is -0.659. The molecule has 0 saturated heterocycles. The molecular formula is C22H18ClF3N5O2S+. The van der Waals surface area contributed by atoms with E-state index in [0.717, 1.165) is 34.0 Å². The van der Waals surface area contributed by atoms with E-state index in [2.05, 4.69) is 15.2 Å². The summed E-state index contributed by atoms with van der Waals surface area (Å²) in [5, 5.41) is 9.01. The zero-order chi connectivity index (χ0) is 24.3. The normalized spacial score (nSPS) is 11.8. The Morgan fingerprint density at radius 3 is 2.74 bits per heavy atom. The maximum absolute atomic E-state index is 13.2. The Morgan fingerprint density at radius 2 is 1.97 bits per heavy atom. The van der Waals surface area contributed by atoms with Crippen LogP contribution in [0.2, 0.25) is 5.02 Å². The Balaban J connectivity index is 1.55. The maximum Gasteiger partial charge on any atom is 0.416 e. The maximum atomic E-state index is 13.2. The van der Waals surface area contributed by atoms with Crippen LogP contribution in [0.1, 0.15) is 11.1 Å². The number of H-pyrrole nitrogens is 1. The number of nitrogens with two attached hydrogens (primary N) is 1. The van der Waals surface area contributed by atoms with Gasteiger partial charge in [-0.05, 0) is 24.3 Å². The first-order chi connectivity index (χ1) is 16.2. The second-order valence-electron chi connectivity index (χ2n) is 7.33. The molecule has 0 aliphatic heterocycles. The van der Waals surface area contributed by atoms with Gasteiger partial charge in [0.15, 0.2) is 16.6 Å². The zero-order valence-corrected chi connectivity index (χ0v) is 19.0. The molecule has 7 nitrogen and oxygen atoms in total. The molecule has 34 heavy (non-hydrogen) atoms. The number of carbonyl (C=O) groups excluding carboxylic acids is 1. The van der Waals surface area contributed by atoms with E-state index in [9.17, 15) is 22.8 Å². The number of benzene rings is 2. The van der Waals surface area contributed by atoms with E-state index in [1.165, 1.54) is 18.3 Å². The lowest BCUT2D eigenvalue weighted by Crippen LogP contribution is -2.84. The van der Waals surface area contributed by atoms with Crippen molar-refractivity contribution in [1.29, 1.82) is 0 Å². The fourth-order valence-corrected chi connectivity index (χ4v) is 4.37. The van der Waals surface area contributed by atoms with Gasteiger partial charge in [0.05, 0.1) is 23.2 Å². The Morgan fingerprint density at radius 1 is 1.18 bits per heavy atom. The molecule has 3 N–H and O–H groups in total. The molecule has 0 aliphatic carbocycles. The van der Waals surface area contributed by atoms with E-state index < -0.39 is 17.3 Å². The van der Waals surface area contributed by atoms with Crippen LogP contribution in [0.4, 0.5) is 13.2 Å². The molecule has 0 radical (unpaired) electrons. The predicted molar refractivity (Wildman–Crippen MR) is 122 cm³/mol. The lowest BCUT2D eigenvalue weighted by Gasteiger charge is -2.14. The summed E-state index contributed by atoms with van der Waals surface area (Å²) in [6, 6.07) is 11.7. The highest BCUT2D eigenvalue weighted by Crippen LogP contribution is 2.31. The largest absolute Gasteiger partial charge is 0.416 e. The number of rotatable bonds is 8. The van der Waals surface area contributed by atoms with Gasteiger partial charge in [-0.15, -0.1) is 0 Å². The first-order valence-electron chi connectivity index (χ1n) is 10.1. The van der Waals surface area contributed by atoms with Crippen LogP contribution in [0.3, 0.4) is 0 Å². The van der Waals surface area contributed by atoms with Gasteiger partial charge in [-0.1, -0.05) is 47.6 Å². The van der Waals surface area contributed by atoms with E-state index in [0.29, 0.717) is 11.6 Å². The number of hydrogen-bond donors (Lipinski definition) is 2. The van der Waals surface area contributed by atoms with Crippen LogP contribution in [0.5, 0.6) is 0 Å². The third-order valence-corrected chi connectivity index (χ3v) is 6.31. The summed E-state index contributed by atoms with van der Waals surface area (Å²) in [6.07, 6.45) is -3.31. The van der Waals surface area contributed by atoms with E-state index in [4.69, 9.17) is 11.6 Å². The second kappa shape index (κ2) is 10.00. The average molecular weight is 509 g/mol. The molecule has 0 unspecified atom stereocenters. The molecule has 0 fully saturated rings. The molecule has 4 aromatic rings. The molecule has 0 amide bonds. The molecule has 0 bridgehead atoms. The van der Waals surface area contributed by atoms with Gasteiger partial charge in [0, 0.05) is 10.6 Å². The van der Waals surface area contributed by atoms with Crippen molar-refractivity contribution in [2.24, 2.45) is 0 Å². The second-order valence-corrected chi connectivity index (χ2v) is 8.68. The van der Waals surface area contributed by atoms with Crippen molar-refractivity contribution in [2.75, 3.05) is 12.3 Å². The van der Waals surface area contributed by atoms with Crippen LogP contribution in [0.15, 0.2) is 64.7 Å². The summed E-state index contributed by atoms with van der Waals surface area (Å²) in [5.41, 5.74) is -0.401. The number of alkyl halides is 3. The summed E-state index contributed by atoms with van der Waals surface area (Å²) in [4.78, 5) is 29.8. The fourth-order valence-electron chi connectivity index (χ4n) is 3.28. The Labute approximate surface area is 200 Å². The minimum atomic E-state index is -4.58. The van der Waals surface area contributed by atoms with Crippen LogP contribution in [-0.2, 0) is 17.5 Å². The lowest BCUT2D eigenvalue weighted by atomic mass is 10.2. The van der Waals surface area contributed by atoms with Gasteiger partial charge < -0.3 is 5.32 Å². The van der Waals surface area contributed by atoms with Gasteiger partial charge in [0.2, 0.25) is 0 Å². The minimum Gasteiger partial charge on any atom is -0.336 e. The number of carbonyl (C=O) groups is 1. The predicted octanol–water partition coefficient (Wildman–Crippen LogP) is 3.21. The highest BCUT2D eigenvalue weighted by Gasteiger charge is 2.31. The topological polar surface area (TPSA) is 97.2 Å². The molecule has 2 heterocycles. The highest BCUT2D eigenvalue weighted by atomic mass is 35.5. The van der Waals surface area contributed by atoms with Crippen molar-refractivity contribution < 1.29 is 23.3 Å². The first kappa shape index (κ1) is 24.0. The number of aromatic nitrogens is 4. The standard InChI is InChI=1S/C22H17ClF3N5O2S/c23-18-7-2-1-4-13(18)9-27-10-16(32)12-34-21-29-19-17(11-28-30-19)20(33)31(21)15-6-3-5-14(8-15)22(24,25)26/h1-8,11,27H,9-10,12H2,(H,28,30)/p+1. The van der Waals surface area contributed by atoms with Crippen LogP contribution < -0.4 is 10.9 Å². The van der Waals surface area contributed by atoms with E-state index in [1.807, 2.05) is 18.2 Å². The third-order valence-electron chi connectivity index (χ3n) is 4.94. The van der Waals surface area contributed by atoms with Crippen molar-refractivity contribution in [3.05, 3.63) is 81.2 Å². The van der Waals surface area contributed by atoms with Crippen LogP contribution in [0.25, 0.3) is 16.7 Å². The molecule has 0 spiro atoms. The van der Waals surface area contributed by atoms with Crippen molar-refractivity contribution in [1.82, 2.24) is 19.7 Å². The van der Waals surface area contributed by atoms with Crippen LogP contribution >= 0.6 is 23.4 Å². The summed E-state index contributed by atoms with van der Waals surface area (Å²) in [5.74, 6) is -0.157. The fraction of sp³-hybridized carbons (Fsp3) is 0.182. The molecule has 0 saturated carbocycles. The molecule has 12 heteroatoms. The van der Waals surface area contributed by atoms with Crippen molar-refractivity contribution in [3.8, 4) is 5.69 Å². The smallest absolute Gasteiger partial charge is 0.336 e. The molecule has 0 atom stereocenters. The monoisotopic (exact) mass is 508 g/mol. The van der Waals surface area contributed by atoms with Gasteiger partial charge in [0.1, 0.15) is 18.5 Å². The summed E-state index contributed by atoms with van der Waals surface area (Å²) >= 11 is 7.09. The van der Waals surface area contributed by atoms with E-state index in [1.54, 1.807) is 11.4 Å². The number of nitrogens with zero attached hydrogens (tertiary/aromatic N) is 3. The van der Waals surface area contributed by atoms with Crippen LogP contribution in [0, 0.1) is 0 Å². The SMILES string of the molecule is O=C(C[NH2+]Cc1ccccc1Cl)CSc1nc2[nH]ncc2c(=O)n1-c1cccc(C(F)(F)F)c1. The molecular weight excluding hydrogens is 491 g/mol.